The van der Waals surface area contributed by atoms with E-state index in [1.54, 1.807) is 0 Å². The quantitative estimate of drug-likeness (QED) is 0.651. The number of hydrogen-bond acceptors (Lipinski definition) is 2. The largest absolute Gasteiger partial charge is 0.398 e. The van der Waals surface area contributed by atoms with E-state index < -0.39 is 0 Å². The topological polar surface area (TPSA) is 46.2 Å². The highest BCUT2D eigenvalue weighted by Crippen LogP contribution is 2.20. The highest BCUT2D eigenvalue weighted by molar-refractivity contribution is 5.53. The molecular formula is C10H15NO. The summed E-state index contributed by atoms with van der Waals surface area (Å²) in [6.45, 7) is 4.25. The van der Waals surface area contributed by atoms with Crippen molar-refractivity contribution in [3.8, 4) is 0 Å². The van der Waals surface area contributed by atoms with Crippen LogP contribution in [0.1, 0.15) is 16.7 Å². The zero-order chi connectivity index (χ0) is 9.14. The third-order valence-corrected chi connectivity index (χ3v) is 2.27. The monoisotopic (exact) mass is 165 g/mol. The van der Waals surface area contributed by atoms with Gasteiger partial charge in [0.25, 0.3) is 0 Å². The Kier molecular flexibility index (Phi) is 2.71. The predicted octanol–water partition coefficient (Wildman–Crippen LogP) is 1.42. The maximum Gasteiger partial charge on any atom is 0.0472 e. The van der Waals surface area contributed by atoms with Gasteiger partial charge in [-0.2, -0.15) is 0 Å². The number of hydrogen-bond donors (Lipinski definition) is 2. The average Bonchev–Trinajstić information content (AvgIpc) is 2.06. The minimum atomic E-state index is 0.161. The fourth-order valence-corrected chi connectivity index (χ4v) is 1.34. The molecule has 0 aliphatic heterocycles. The van der Waals surface area contributed by atoms with Gasteiger partial charge in [0.1, 0.15) is 0 Å². The first-order valence-electron chi connectivity index (χ1n) is 4.12. The van der Waals surface area contributed by atoms with E-state index in [1.807, 2.05) is 19.1 Å². The molecule has 0 spiro atoms. The Morgan fingerprint density at radius 1 is 1.33 bits per heavy atom. The molecule has 0 aliphatic carbocycles. The summed E-state index contributed by atoms with van der Waals surface area (Å²) in [7, 11) is 0. The standard InChI is InChI=1S/C10H15NO/c1-7-3-4-10(11)9(5-6-12)8(7)2/h3-4,12H,5-6,11H2,1-2H3. The average molecular weight is 165 g/mol. The van der Waals surface area contributed by atoms with E-state index in [4.69, 9.17) is 10.8 Å². The smallest absolute Gasteiger partial charge is 0.0472 e. The van der Waals surface area contributed by atoms with E-state index in [-0.39, 0.29) is 6.61 Å². The van der Waals surface area contributed by atoms with Gasteiger partial charge in [-0.1, -0.05) is 6.07 Å². The van der Waals surface area contributed by atoms with E-state index >= 15 is 0 Å². The molecule has 3 N–H and O–H groups in total. The molecule has 2 nitrogen and oxygen atoms in total. The van der Waals surface area contributed by atoms with Crippen molar-refractivity contribution in [1.29, 1.82) is 0 Å². The number of aliphatic hydroxyl groups is 1. The van der Waals surface area contributed by atoms with Gasteiger partial charge >= 0.3 is 0 Å². The van der Waals surface area contributed by atoms with Crippen LogP contribution in [-0.4, -0.2) is 11.7 Å². The first-order valence-corrected chi connectivity index (χ1v) is 4.12. The SMILES string of the molecule is Cc1ccc(N)c(CCO)c1C. The molecule has 0 amide bonds. The predicted molar refractivity (Wildman–Crippen MR) is 51.1 cm³/mol. The van der Waals surface area contributed by atoms with Crippen molar-refractivity contribution in [3.05, 3.63) is 28.8 Å². The fraction of sp³-hybridized carbons (Fsp3) is 0.400. The summed E-state index contributed by atoms with van der Waals surface area (Å²) >= 11 is 0. The lowest BCUT2D eigenvalue weighted by Gasteiger charge is -2.10. The maximum absolute atomic E-state index is 8.80. The molecular weight excluding hydrogens is 150 g/mol. The minimum absolute atomic E-state index is 0.161. The lowest BCUT2D eigenvalue weighted by atomic mass is 9.99. The molecule has 0 fully saturated rings. The van der Waals surface area contributed by atoms with Gasteiger partial charge in [0, 0.05) is 12.3 Å². The van der Waals surface area contributed by atoms with Gasteiger partial charge in [-0.05, 0) is 43.0 Å². The normalized spacial score (nSPS) is 10.2. The number of nitrogen functional groups attached to an aromatic ring is 1. The molecule has 0 aromatic heterocycles. The summed E-state index contributed by atoms with van der Waals surface area (Å²) < 4.78 is 0. The second-order valence-corrected chi connectivity index (χ2v) is 3.05. The van der Waals surface area contributed by atoms with Crippen LogP contribution in [-0.2, 0) is 6.42 Å². The van der Waals surface area contributed by atoms with Crippen molar-refractivity contribution in [1.82, 2.24) is 0 Å². The third kappa shape index (κ3) is 1.59. The zero-order valence-electron chi connectivity index (χ0n) is 7.59. The van der Waals surface area contributed by atoms with Gasteiger partial charge in [0.15, 0.2) is 0 Å². The van der Waals surface area contributed by atoms with Crippen LogP contribution in [0.4, 0.5) is 5.69 Å². The Morgan fingerprint density at radius 2 is 2.00 bits per heavy atom. The summed E-state index contributed by atoms with van der Waals surface area (Å²) in [6, 6.07) is 3.90. The number of benzene rings is 1. The zero-order valence-corrected chi connectivity index (χ0v) is 7.59. The second-order valence-electron chi connectivity index (χ2n) is 3.05. The molecule has 0 saturated carbocycles. The van der Waals surface area contributed by atoms with E-state index in [0.29, 0.717) is 6.42 Å². The van der Waals surface area contributed by atoms with E-state index in [9.17, 15) is 0 Å². The highest BCUT2D eigenvalue weighted by Gasteiger charge is 2.03. The van der Waals surface area contributed by atoms with E-state index in [1.165, 1.54) is 11.1 Å². The number of rotatable bonds is 2. The van der Waals surface area contributed by atoms with Crippen molar-refractivity contribution in [2.45, 2.75) is 20.3 Å². The van der Waals surface area contributed by atoms with Crippen LogP contribution in [0.25, 0.3) is 0 Å². The van der Waals surface area contributed by atoms with Crippen LogP contribution in [0.3, 0.4) is 0 Å². The Labute approximate surface area is 73.0 Å². The molecule has 0 aliphatic rings. The Morgan fingerprint density at radius 3 is 2.58 bits per heavy atom. The molecule has 0 saturated heterocycles. The van der Waals surface area contributed by atoms with Gasteiger partial charge in [0.05, 0.1) is 0 Å². The number of anilines is 1. The molecule has 1 rings (SSSR count). The lowest BCUT2D eigenvalue weighted by Crippen LogP contribution is -2.01. The molecule has 66 valence electrons. The van der Waals surface area contributed by atoms with Gasteiger partial charge < -0.3 is 10.8 Å². The first-order chi connectivity index (χ1) is 5.66. The molecule has 0 unspecified atom stereocenters. The van der Waals surface area contributed by atoms with E-state index in [0.717, 1.165) is 11.3 Å². The summed E-state index contributed by atoms with van der Waals surface area (Å²) in [5.41, 5.74) is 10.1. The number of nitrogens with two attached hydrogens (primary N) is 1. The van der Waals surface area contributed by atoms with Crippen molar-refractivity contribution in [2.75, 3.05) is 12.3 Å². The second kappa shape index (κ2) is 3.59. The van der Waals surface area contributed by atoms with E-state index in [2.05, 4.69) is 6.92 Å². The van der Waals surface area contributed by atoms with Crippen molar-refractivity contribution >= 4 is 5.69 Å². The lowest BCUT2D eigenvalue weighted by molar-refractivity contribution is 0.299. The van der Waals surface area contributed by atoms with Crippen LogP contribution < -0.4 is 5.73 Å². The number of aliphatic hydroxyl groups excluding tert-OH is 1. The van der Waals surface area contributed by atoms with Crippen LogP contribution in [0, 0.1) is 13.8 Å². The molecule has 0 bridgehead atoms. The van der Waals surface area contributed by atoms with Crippen molar-refractivity contribution < 1.29 is 5.11 Å². The van der Waals surface area contributed by atoms with Crippen LogP contribution in [0.5, 0.6) is 0 Å². The molecule has 1 aromatic carbocycles. The van der Waals surface area contributed by atoms with Gasteiger partial charge in [-0.3, -0.25) is 0 Å². The molecule has 2 heteroatoms. The fourth-order valence-electron chi connectivity index (χ4n) is 1.34. The molecule has 12 heavy (non-hydrogen) atoms. The summed E-state index contributed by atoms with van der Waals surface area (Å²) in [6.07, 6.45) is 0.652. The van der Waals surface area contributed by atoms with Crippen molar-refractivity contribution in [2.24, 2.45) is 0 Å². The van der Waals surface area contributed by atoms with Crippen LogP contribution >= 0.6 is 0 Å². The van der Waals surface area contributed by atoms with Crippen molar-refractivity contribution in [3.63, 3.8) is 0 Å². The first kappa shape index (κ1) is 9.07. The summed E-state index contributed by atoms with van der Waals surface area (Å²) in [5.74, 6) is 0. The highest BCUT2D eigenvalue weighted by atomic mass is 16.2. The summed E-state index contributed by atoms with van der Waals surface area (Å²) in [5, 5.41) is 8.80. The minimum Gasteiger partial charge on any atom is -0.398 e. The Balaban J connectivity index is 3.14. The maximum atomic E-state index is 8.80. The number of aryl methyl sites for hydroxylation is 1. The molecule has 1 aromatic rings. The van der Waals surface area contributed by atoms with Crippen LogP contribution in [0.2, 0.25) is 0 Å². The molecule has 0 radical (unpaired) electrons. The van der Waals surface area contributed by atoms with Gasteiger partial charge in [-0.15, -0.1) is 0 Å². The van der Waals surface area contributed by atoms with Gasteiger partial charge in [-0.25, -0.2) is 0 Å². The Bertz CT molecular complexity index is 281. The van der Waals surface area contributed by atoms with Gasteiger partial charge in [0.2, 0.25) is 0 Å². The Hall–Kier alpha value is -1.02. The third-order valence-electron chi connectivity index (χ3n) is 2.27. The summed E-state index contributed by atoms with van der Waals surface area (Å²) in [4.78, 5) is 0. The molecule has 0 heterocycles. The molecule has 0 atom stereocenters. The van der Waals surface area contributed by atoms with Crippen LogP contribution in [0.15, 0.2) is 12.1 Å².